The van der Waals surface area contributed by atoms with Gasteiger partial charge in [-0.2, -0.15) is 18.4 Å². The maximum absolute atomic E-state index is 11.7. The van der Waals surface area contributed by atoms with Crippen molar-refractivity contribution in [2.45, 2.75) is 6.18 Å². The van der Waals surface area contributed by atoms with Crippen LogP contribution in [-0.2, 0) is 4.79 Å². The average molecular weight is 206 g/mol. The van der Waals surface area contributed by atoms with E-state index in [-0.39, 0.29) is 0 Å². The largest absolute Gasteiger partial charge is 0.471 e. The fourth-order valence-electron chi connectivity index (χ4n) is 0.522. The molecule has 0 saturated heterocycles. The summed E-state index contributed by atoms with van der Waals surface area (Å²) in [5, 5.41) is 15.4. The molecule has 0 aliphatic rings. The Bertz CT molecular complexity index is 390. The van der Waals surface area contributed by atoms with Crippen molar-refractivity contribution in [1.29, 1.82) is 5.26 Å². The standard InChI is InChI=1S/C5HF3N4O2/c6-5(7,8)4(13)10-3-2(1-9)11-14-12-3/h(H,10,12,13). The summed E-state index contributed by atoms with van der Waals surface area (Å²) in [4.78, 5) is 10.3. The molecule has 1 aromatic heterocycles. The Balaban J connectivity index is 2.81. The Kier molecular flexibility index (Phi) is 2.37. The van der Waals surface area contributed by atoms with Crippen LogP contribution in [0.1, 0.15) is 5.69 Å². The summed E-state index contributed by atoms with van der Waals surface area (Å²) in [6, 6.07) is 1.38. The summed E-state index contributed by atoms with van der Waals surface area (Å²) in [6.45, 7) is 0. The predicted octanol–water partition coefficient (Wildman–Crippen LogP) is 0.442. The van der Waals surface area contributed by atoms with Crippen LogP contribution < -0.4 is 5.32 Å². The molecule has 1 aromatic rings. The van der Waals surface area contributed by atoms with Gasteiger partial charge in [0.05, 0.1) is 0 Å². The zero-order chi connectivity index (χ0) is 10.8. The minimum Gasteiger partial charge on any atom is -0.297 e. The molecule has 0 aliphatic heterocycles. The normalized spacial score (nSPS) is 10.7. The summed E-state index contributed by atoms with van der Waals surface area (Å²) in [7, 11) is 0. The van der Waals surface area contributed by atoms with E-state index in [1.807, 2.05) is 0 Å². The summed E-state index contributed by atoms with van der Waals surface area (Å²) < 4.78 is 39.1. The molecule has 1 rings (SSSR count). The van der Waals surface area contributed by atoms with Crippen molar-refractivity contribution in [1.82, 2.24) is 10.3 Å². The van der Waals surface area contributed by atoms with E-state index in [1.54, 1.807) is 0 Å². The molecule has 74 valence electrons. The SMILES string of the molecule is N#Cc1nonc1NC(=O)C(F)(F)F. The maximum Gasteiger partial charge on any atom is 0.471 e. The number of alkyl halides is 3. The molecule has 0 atom stereocenters. The first-order valence-electron chi connectivity index (χ1n) is 3.06. The lowest BCUT2D eigenvalue weighted by molar-refractivity contribution is -0.167. The van der Waals surface area contributed by atoms with Crippen molar-refractivity contribution in [3.05, 3.63) is 5.69 Å². The van der Waals surface area contributed by atoms with Crippen molar-refractivity contribution in [3.63, 3.8) is 0 Å². The van der Waals surface area contributed by atoms with E-state index in [1.165, 1.54) is 11.4 Å². The number of rotatable bonds is 1. The highest BCUT2D eigenvalue weighted by molar-refractivity contribution is 5.94. The number of anilines is 1. The van der Waals surface area contributed by atoms with Crippen molar-refractivity contribution < 1.29 is 22.6 Å². The third-order valence-electron chi connectivity index (χ3n) is 1.08. The van der Waals surface area contributed by atoms with Gasteiger partial charge in [0, 0.05) is 0 Å². The van der Waals surface area contributed by atoms with E-state index in [0.717, 1.165) is 0 Å². The maximum atomic E-state index is 11.7. The second kappa shape index (κ2) is 3.33. The van der Waals surface area contributed by atoms with Crippen molar-refractivity contribution >= 4 is 11.7 Å². The van der Waals surface area contributed by atoms with Crippen LogP contribution in [0.2, 0.25) is 0 Å². The van der Waals surface area contributed by atoms with E-state index in [9.17, 15) is 18.0 Å². The molecule has 0 aliphatic carbocycles. The Morgan fingerprint density at radius 2 is 2.14 bits per heavy atom. The molecule has 0 unspecified atom stereocenters. The lowest BCUT2D eigenvalue weighted by atomic mass is 10.4. The summed E-state index contributed by atoms with van der Waals surface area (Å²) in [5.74, 6) is -2.90. The van der Waals surface area contributed by atoms with Gasteiger partial charge in [-0.15, -0.1) is 0 Å². The number of amides is 1. The molecule has 6 nitrogen and oxygen atoms in total. The number of halogens is 3. The first-order chi connectivity index (χ1) is 6.45. The highest BCUT2D eigenvalue weighted by Crippen LogP contribution is 2.18. The lowest BCUT2D eigenvalue weighted by Crippen LogP contribution is -2.30. The Morgan fingerprint density at radius 3 is 2.64 bits per heavy atom. The highest BCUT2D eigenvalue weighted by atomic mass is 19.4. The van der Waals surface area contributed by atoms with Gasteiger partial charge in [-0.1, -0.05) is 0 Å². The van der Waals surface area contributed by atoms with Crippen LogP contribution in [0.5, 0.6) is 0 Å². The predicted molar refractivity (Wildman–Crippen MR) is 33.7 cm³/mol. The minimum atomic E-state index is -5.05. The first-order valence-corrected chi connectivity index (χ1v) is 3.06. The Morgan fingerprint density at radius 1 is 1.50 bits per heavy atom. The van der Waals surface area contributed by atoms with E-state index < -0.39 is 23.6 Å². The van der Waals surface area contributed by atoms with E-state index in [4.69, 9.17) is 5.26 Å². The molecule has 1 N–H and O–H groups in total. The number of carbonyl (C=O) groups excluding carboxylic acids is 1. The van der Waals surface area contributed by atoms with E-state index in [0.29, 0.717) is 0 Å². The quantitative estimate of drug-likeness (QED) is 0.719. The summed E-state index contributed by atoms with van der Waals surface area (Å²) >= 11 is 0. The molecule has 0 aromatic carbocycles. The van der Waals surface area contributed by atoms with Crippen LogP contribution in [0.25, 0.3) is 0 Å². The van der Waals surface area contributed by atoms with Crippen LogP contribution in [0.3, 0.4) is 0 Å². The Labute approximate surface area is 74.3 Å². The van der Waals surface area contributed by atoms with Crippen LogP contribution in [-0.4, -0.2) is 22.4 Å². The topological polar surface area (TPSA) is 91.8 Å². The first kappa shape index (κ1) is 9.97. The molecule has 0 saturated carbocycles. The van der Waals surface area contributed by atoms with Crippen molar-refractivity contribution in [3.8, 4) is 6.07 Å². The Hall–Kier alpha value is -2.11. The van der Waals surface area contributed by atoms with E-state index >= 15 is 0 Å². The van der Waals surface area contributed by atoms with Gasteiger partial charge in [0.2, 0.25) is 11.5 Å². The zero-order valence-corrected chi connectivity index (χ0v) is 6.29. The third kappa shape index (κ3) is 1.98. The molecular formula is C5HF3N4O2. The molecule has 1 heterocycles. The van der Waals surface area contributed by atoms with Gasteiger partial charge < -0.3 is 0 Å². The number of hydrogen-bond acceptors (Lipinski definition) is 5. The number of nitriles is 1. The lowest BCUT2D eigenvalue weighted by Gasteiger charge is -2.03. The molecule has 0 spiro atoms. The van der Waals surface area contributed by atoms with E-state index in [2.05, 4.69) is 14.9 Å². The van der Waals surface area contributed by atoms with Gasteiger partial charge >= 0.3 is 12.1 Å². The molecule has 0 fully saturated rings. The number of aromatic nitrogens is 2. The van der Waals surface area contributed by atoms with Gasteiger partial charge in [0.25, 0.3) is 0 Å². The van der Waals surface area contributed by atoms with Gasteiger partial charge in [-0.3, -0.25) is 10.1 Å². The van der Waals surface area contributed by atoms with Crippen LogP contribution in [0.15, 0.2) is 4.63 Å². The van der Waals surface area contributed by atoms with Crippen LogP contribution in [0.4, 0.5) is 19.0 Å². The van der Waals surface area contributed by atoms with Gasteiger partial charge in [0.15, 0.2) is 0 Å². The van der Waals surface area contributed by atoms with Gasteiger partial charge in [-0.05, 0) is 10.3 Å². The zero-order valence-electron chi connectivity index (χ0n) is 6.29. The monoisotopic (exact) mass is 206 g/mol. The smallest absolute Gasteiger partial charge is 0.297 e. The van der Waals surface area contributed by atoms with Crippen LogP contribution >= 0.6 is 0 Å². The molecule has 0 radical (unpaired) electrons. The molecule has 0 bridgehead atoms. The number of carbonyl (C=O) groups is 1. The number of nitrogens with zero attached hydrogens (tertiary/aromatic N) is 3. The molecule has 1 amide bonds. The second-order valence-corrected chi connectivity index (χ2v) is 2.03. The summed E-state index contributed by atoms with van der Waals surface area (Å²) in [5.41, 5.74) is -0.525. The van der Waals surface area contributed by atoms with Crippen molar-refractivity contribution in [2.75, 3.05) is 5.32 Å². The number of hydrogen-bond donors (Lipinski definition) is 1. The second-order valence-electron chi connectivity index (χ2n) is 2.03. The van der Waals surface area contributed by atoms with Gasteiger partial charge in [0.1, 0.15) is 6.07 Å². The van der Waals surface area contributed by atoms with Crippen molar-refractivity contribution in [2.24, 2.45) is 0 Å². The van der Waals surface area contributed by atoms with Gasteiger partial charge in [-0.25, -0.2) is 4.63 Å². The molecule has 9 heteroatoms. The third-order valence-corrected chi connectivity index (χ3v) is 1.08. The molecule has 14 heavy (non-hydrogen) atoms. The summed E-state index contributed by atoms with van der Waals surface area (Å²) in [6.07, 6.45) is -5.05. The molecular weight excluding hydrogens is 205 g/mol. The fourth-order valence-corrected chi connectivity index (χ4v) is 0.522. The minimum absolute atomic E-state index is 0.525. The number of nitrogens with one attached hydrogen (secondary N) is 1. The fraction of sp³-hybridized carbons (Fsp3) is 0.200. The van der Waals surface area contributed by atoms with Crippen LogP contribution in [0, 0.1) is 11.3 Å². The average Bonchev–Trinajstić information content (AvgIpc) is 2.50. The highest BCUT2D eigenvalue weighted by Gasteiger charge is 2.39.